The van der Waals surface area contributed by atoms with Crippen molar-refractivity contribution in [3.63, 3.8) is 0 Å². The van der Waals surface area contributed by atoms with E-state index in [-0.39, 0.29) is 30.2 Å². The lowest BCUT2D eigenvalue weighted by Crippen LogP contribution is -2.45. The van der Waals surface area contributed by atoms with E-state index < -0.39 is 5.97 Å². The zero-order valence-electron chi connectivity index (χ0n) is 10.5. The average Bonchev–Trinajstić information content (AvgIpc) is 2.28. The SMILES string of the molecule is CC(C)C(CC(=O)O)NC(=O)C1CCNCC1. The van der Waals surface area contributed by atoms with Crippen molar-refractivity contribution in [1.82, 2.24) is 10.6 Å². The number of nitrogens with one attached hydrogen (secondary N) is 2. The first-order chi connectivity index (χ1) is 8.00. The maximum Gasteiger partial charge on any atom is 0.305 e. The summed E-state index contributed by atoms with van der Waals surface area (Å²) in [6.45, 7) is 5.58. The van der Waals surface area contributed by atoms with Gasteiger partial charge in [-0.25, -0.2) is 0 Å². The van der Waals surface area contributed by atoms with E-state index in [4.69, 9.17) is 5.11 Å². The summed E-state index contributed by atoms with van der Waals surface area (Å²) in [6, 6.07) is -0.269. The van der Waals surface area contributed by atoms with Crippen molar-refractivity contribution in [2.75, 3.05) is 13.1 Å². The highest BCUT2D eigenvalue weighted by Gasteiger charge is 2.25. The molecule has 17 heavy (non-hydrogen) atoms. The number of carboxylic acid groups (broad SMARTS) is 1. The molecule has 0 spiro atoms. The van der Waals surface area contributed by atoms with Crippen LogP contribution in [0.25, 0.3) is 0 Å². The fourth-order valence-corrected chi connectivity index (χ4v) is 2.03. The number of hydrogen-bond donors (Lipinski definition) is 3. The van der Waals surface area contributed by atoms with Crippen LogP contribution in [0.5, 0.6) is 0 Å². The molecule has 1 amide bonds. The van der Waals surface area contributed by atoms with Crippen LogP contribution < -0.4 is 10.6 Å². The summed E-state index contributed by atoms with van der Waals surface area (Å²) in [4.78, 5) is 22.7. The number of amides is 1. The molecule has 1 rings (SSSR count). The van der Waals surface area contributed by atoms with E-state index in [9.17, 15) is 9.59 Å². The van der Waals surface area contributed by atoms with Crippen LogP contribution in [-0.4, -0.2) is 36.1 Å². The fourth-order valence-electron chi connectivity index (χ4n) is 2.03. The van der Waals surface area contributed by atoms with Crippen molar-refractivity contribution in [3.8, 4) is 0 Å². The molecule has 0 aromatic carbocycles. The van der Waals surface area contributed by atoms with Gasteiger partial charge in [0.2, 0.25) is 5.91 Å². The lowest BCUT2D eigenvalue weighted by molar-refractivity contribution is -0.138. The highest BCUT2D eigenvalue weighted by Crippen LogP contribution is 2.14. The van der Waals surface area contributed by atoms with Gasteiger partial charge in [-0.1, -0.05) is 13.8 Å². The Labute approximate surface area is 102 Å². The van der Waals surface area contributed by atoms with Crippen molar-refractivity contribution in [2.45, 2.75) is 39.2 Å². The zero-order chi connectivity index (χ0) is 12.8. The molecule has 1 fully saturated rings. The van der Waals surface area contributed by atoms with E-state index in [1.165, 1.54) is 0 Å². The molecule has 0 radical (unpaired) electrons. The number of piperidine rings is 1. The molecule has 1 aliphatic rings. The Hall–Kier alpha value is -1.10. The molecule has 0 bridgehead atoms. The molecular formula is C12H22N2O3. The van der Waals surface area contributed by atoms with Crippen LogP contribution in [0.4, 0.5) is 0 Å². The molecule has 3 N–H and O–H groups in total. The Balaban J connectivity index is 2.47. The van der Waals surface area contributed by atoms with Gasteiger partial charge in [0.1, 0.15) is 0 Å². The van der Waals surface area contributed by atoms with Gasteiger partial charge in [0.25, 0.3) is 0 Å². The second-order valence-corrected chi connectivity index (χ2v) is 4.98. The molecule has 0 aromatic rings. The molecule has 0 aliphatic carbocycles. The molecule has 1 atom stereocenters. The largest absolute Gasteiger partial charge is 0.481 e. The Morgan fingerprint density at radius 2 is 1.94 bits per heavy atom. The Morgan fingerprint density at radius 3 is 2.41 bits per heavy atom. The highest BCUT2D eigenvalue weighted by atomic mass is 16.4. The van der Waals surface area contributed by atoms with E-state index in [2.05, 4.69) is 10.6 Å². The van der Waals surface area contributed by atoms with E-state index in [1.807, 2.05) is 13.8 Å². The van der Waals surface area contributed by atoms with Gasteiger partial charge in [0.05, 0.1) is 6.42 Å². The Morgan fingerprint density at radius 1 is 1.35 bits per heavy atom. The third-order valence-electron chi connectivity index (χ3n) is 3.24. The maximum atomic E-state index is 12.0. The van der Waals surface area contributed by atoms with Gasteiger partial charge in [-0.05, 0) is 31.8 Å². The molecule has 0 aromatic heterocycles. The number of aliphatic carboxylic acids is 1. The predicted molar refractivity (Wildman–Crippen MR) is 64.6 cm³/mol. The third kappa shape index (κ3) is 4.73. The number of carbonyl (C=O) groups excluding carboxylic acids is 1. The van der Waals surface area contributed by atoms with Crippen LogP contribution in [0.15, 0.2) is 0 Å². The van der Waals surface area contributed by atoms with Crippen LogP contribution in [0.2, 0.25) is 0 Å². The minimum absolute atomic E-state index is 0.00558. The minimum atomic E-state index is -0.866. The molecule has 1 unspecified atom stereocenters. The third-order valence-corrected chi connectivity index (χ3v) is 3.24. The second kappa shape index (κ2) is 6.59. The van der Waals surface area contributed by atoms with Crippen LogP contribution in [-0.2, 0) is 9.59 Å². The summed E-state index contributed by atoms with van der Waals surface area (Å²) < 4.78 is 0. The van der Waals surface area contributed by atoms with Crippen LogP contribution in [0, 0.1) is 11.8 Å². The molecule has 5 nitrogen and oxygen atoms in total. The van der Waals surface area contributed by atoms with Gasteiger partial charge in [-0.3, -0.25) is 9.59 Å². The van der Waals surface area contributed by atoms with Gasteiger partial charge in [0.15, 0.2) is 0 Å². The molecule has 1 heterocycles. The van der Waals surface area contributed by atoms with E-state index in [1.54, 1.807) is 0 Å². The summed E-state index contributed by atoms with van der Waals surface area (Å²) in [5, 5.41) is 14.9. The molecular weight excluding hydrogens is 220 g/mol. The lowest BCUT2D eigenvalue weighted by Gasteiger charge is -2.26. The fraction of sp³-hybridized carbons (Fsp3) is 0.833. The van der Waals surface area contributed by atoms with Gasteiger partial charge >= 0.3 is 5.97 Å². The number of carbonyl (C=O) groups is 2. The first-order valence-electron chi connectivity index (χ1n) is 6.23. The van der Waals surface area contributed by atoms with Gasteiger partial charge < -0.3 is 15.7 Å². The van der Waals surface area contributed by atoms with Crippen molar-refractivity contribution < 1.29 is 14.7 Å². The maximum absolute atomic E-state index is 12.0. The van der Waals surface area contributed by atoms with E-state index in [0.29, 0.717) is 0 Å². The van der Waals surface area contributed by atoms with Crippen molar-refractivity contribution in [3.05, 3.63) is 0 Å². The molecule has 1 saturated heterocycles. The normalized spacial score (nSPS) is 19.0. The first kappa shape index (κ1) is 14.0. The number of rotatable bonds is 5. The van der Waals surface area contributed by atoms with Crippen molar-refractivity contribution in [1.29, 1.82) is 0 Å². The first-order valence-corrected chi connectivity index (χ1v) is 6.23. The monoisotopic (exact) mass is 242 g/mol. The Bertz CT molecular complexity index is 273. The molecule has 0 saturated carbocycles. The van der Waals surface area contributed by atoms with Crippen molar-refractivity contribution in [2.24, 2.45) is 11.8 Å². The lowest BCUT2D eigenvalue weighted by atomic mass is 9.95. The zero-order valence-corrected chi connectivity index (χ0v) is 10.5. The molecule has 98 valence electrons. The summed E-state index contributed by atoms with van der Waals surface area (Å²) in [5.74, 6) is -0.691. The van der Waals surface area contributed by atoms with E-state index >= 15 is 0 Å². The molecule has 5 heteroatoms. The van der Waals surface area contributed by atoms with Crippen LogP contribution in [0.1, 0.15) is 33.1 Å². The van der Waals surface area contributed by atoms with Crippen LogP contribution >= 0.6 is 0 Å². The summed E-state index contributed by atoms with van der Waals surface area (Å²) in [7, 11) is 0. The Kier molecular flexibility index (Phi) is 5.41. The smallest absolute Gasteiger partial charge is 0.305 e. The predicted octanol–water partition coefficient (Wildman–Crippen LogP) is 0.602. The van der Waals surface area contributed by atoms with Gasteiger partial charge in [0, 0.05) is 12.0 Å². The second-order valence-electron chi connectivity index (χ2n) is 4.98. The highest BCUT2D eigenvalue weighted by molar-refractivity contribution is 5.80. The van der Waals surface area contributed by atoms with Gasteiger partial charge in [-0.15, -0.1) is 0 Å². The summed E-state index contributed by atoms with van der Waals surface area (Å²) >= 11 is 0. The van der Waals surface area contributed by atoms with Crippen LogP contribution in [0.3, 0.4) is 0 Å². The number of carboxylic acids is 1. The van der Waals surface area contributed by atoms with Gasteiger partial charge in [-0.2, -0.15) is 0 Å². The quantitative estimate of drug-likeness (QED) is 0.659. The average molecular weight is 242 g/mol. The minimum Gasteiger partial charge on any atom is -0.481 e. The summed E-state index contributed by atoms with van der Waals surface area (Å²) in [6.07, 6.45) is 1.67. The van der Waals surface area contributed by atoms with E-state index in [0.717, 1.165) is 25.9 Å². The topological polar surface area (TPSA) is 78.4 Å². The standard InChI is InChI=1S/C12H22N2O3/c1-8(2)10(7-11(15)16)14-12(17)9-3-5-13-6-4-9/h8-10,13H,3-7H2,1-2H3,(H,14,17)(H,15,16). The number of hydrogen-bond acceptors (Lipinski definition) is 3. The molecule has 1 aliphatic heterocycles. The van der Waals surface area contributed by atoms with Crippen molar-refractivity contribution >= 4 is 11.9 Å². The summed E-state index contributed by atoms with van der Waals surface area (Å²) in [5.41, 5.74) is 0.